The van der Waals surface area contributed by atoms with E-state index in [1.807, 2.05) is 13.8 Å². The predicted molar refractivity (Wildman–Crippen MR) is 56.8 cm³/mol. The summed E-state index contributed by atoms with van der Waals surface area (Å²) in [6.07, 6.45) is 0.872. The molecule has 0 saturated heterocycles. The third kappa shape index (κ3) is 2.57. The van der Waals surface area contributed by atoms with Gasteiger partial charge in [-0.2, -0.15) is 5.26 Å². The lowest BCUT2D eigenvalue weighted by Crippen LogP contribution is -1.99. The Kier molecular flexibility index (Phi) is 3.87. The van der Waals surface area contributed by atoms with E-state index >= 15 is 0 Å². The Balaban J connectivity index is 3.10. The zero-order chi connectivity index (χ0) is 11.3. The molecule has 0 saturated carbocycles. The van der Waals surface area contributed by atoms with E-state index in [9.17, 15) is 4.79 Å². The van der Waals surface area contributed by atoms with E-state index < -0.39 is 0 Å². The highest BCUT2D eigenvalue weighted by atomic mass is 16.5. The number of rotatable bonds is 4. The number of nitriles is 1. The Morgan fingerprint density at radius 1 is 1.60 bits per heavy atom. The maximum Gasteiger partial charge on any atom is 0.137 e. The third-order valence-corrected chi connectivity index (χ3v) is 2.16. The Bertz CT molecular complexity index is 393. The molecule has 0 spiro atoms. The summed E-state index contributed by atoms with van der Waals surface area (Å²) in [6.45, 7) is 4.18. The van der Waals surface area contributed by atoms with Crippen LogP contribution in [-0.2, 0) is 4.79 Å². The van der Waals surface area contributed by atoms with E-state index in [1.165, 1.54) is 0 Å². The smallest absolute Gasteiger partial charge is 0.137 e. The topological polar surface area (TPSA) is 50.1 Å². The molecule has 1 rings (SSSR count). The molecule has 0 fully saturated rings. The van der Waals surface area contributed by atoms with Crippen LogP contribution in [0.25, 0.3) is 0 Å². The van der Waals surface area contributed by atoms with Crippen LogP contribution in [0.2, 0.25) is 0 Å². The minimum absolute atomic E-state index is 0.169. The van der Waals surface area contributed by atoms with Gasteiger partial charge < -0.3 is 9.53 Å². The minimum Gasteiger partial charge on any atom is -0.492 e. The highest BCUT2D eigenvalue weighted by molar-refractivity contribution is 5.62. The average Bonchev–Trinajstić information content (AvgIpc) is 2.28. The first-order valence-electron chi connectivity index (χ1n) is 4.85. The van der Waals surface area contributed by atoms with Crippen molar-refractivity contribution in [1.82, 2.24) is 0 Å². The third-order valence-electron chi connectivity index (χ3n) is 2.16. The Labute approximate surface area is 89.3 Å². The van der Waals surface area contributed by atoms with Crippen LogP contribution in [0, 0.1) is 11.3 Å². The molecule has 0 aromatic heterocycles. The van der Waals surface area contributed by atoms with Crippen LogP contribution in [-0.4, -0.2) is 12.9 Å². The minimum atomic E-state index is -0.169. The molecular formula is C12H13NO2. The summed E-state index contributed by atoms with van der Waals surface area (Å²) in [5.41, 5.74) is 1.37. The Hall–Kier alpha value is -1.82. The molecule has 0 bridgehead atoms. The van der Waals surface area contributed by atoms with Crippen molar-refractivity contribution in [2.75, 3.05) is 6.61 Å². The predicted octanol–water partition coefficient (Wildman–Crippen LogP) is 2.26. The van der Waals surface area contributed by atoms with Crippen LogP contribution in [0.3, 0.4) is 0 Å². The lowest BCUT2D eigenvalue weighted by atomic mass is 10.0. The van der Waals surface area contributed by atoms with Gasteiger partial charge in [0.2, 0.25) is 0 Å². The van der Waals surface area contributed by atoms with E-state index in [-0.39, 0.29) is 5.92 Å². The highest BCUT2D eigenvalue weighted by Gasteiger charge is 2.08. The zero-order valence-corrected chi connectivity index (χ0v) is 8.86. The molecule has 0 amide bonds. The van der Waals surface area contributed by atoms with E-state index in [4.69, 9.17) is 10.00 Å². The standard InChI is InChI=1S/C12H13NO2/c1-3-15-12-6-10(9(2)8-14)4-5-11(12)7-13/h4-6,8-9H,3H2,1-2H3. The van der Waals surface area contributed by atoms with Crippen LogP contribution in [0.1, 0.15) is 30.9 Å². The molecule has 3 nitrogen and oxygen atoms in total. The second-order valence-corrected chi connectivity index (χ2v) is 3.23. The molecule has 15 heavy (non-hydrogen) atoms. The molecule has 3 heteroatoms. The van der Waals surface area contributed by atoms with Gasteiger partial charge in [-0.25, -0.2) is 0 Å². The number of nitrogens with zero attached hydrogens (tertiary/aromatic N) is 1. The molecule has 0 radical (unpaired) electrons. The molecule has 1 aromatic carbocycles. The first kappa shape index (κ1) is 11.3. The Morgan fingerprint density at radius 3 is 2.87 bits per heavy atom. The number of carbonyl (C=O) groups excluding carboxylic acids is 1. The largest absolute Gasteiger partial charge is 0.492 e. The summed E-state index contributed by atoms with van der Waals surface area (Å²) in [5.74, 6) is 0.378. The van der Waals surface area contributed by atoms with Crippen LogP contribution in [0.15, 0.2) is 18.2 Å². The fourth-order valence-electron chi connectivity index (χ4n) is 1.27. The number of hydrogen-bond acceptors (Lipinski definition) is 3. The molecule has 1 atom stereocenters. The second kappa shape index (κ2) is 5.16. The maximum atomic E-state index is 10.6. The summed E-state index contributed by atoms with van der Waals surface area (Å²) in [6, 6.07) is 7.26. The van der Waals surface area contributed by atoms with Gasteiger partial charge in [0.15, 0.2) is 0 Å². The van der Waals surface area contributed by atoms with Crippen molar-refractivity contribution in [1.29, 1.82) is 5.26 Å². The molecule has 78 valence electrons. The lowest BCUT2D eigenvalue weighted by molar-refractivity contribution is -0.108. The fourth-order valence-corrected chi connectivity index (χ4v) is 1.27. The van der Waals surface area contributed by atoms with Gasteiger partial charge in [-0.3, -0.25) is 0 Å². The monoisotopic (exact) mass is 203 g/mol. The van der Waals surface area contributed by atoms with Gasteiger partial charge in [-0.05, 0) is 24.6 Å². The van der Waals surface area contributed by atoms with Gasteiger partial charge in [0.1, 0.15) is 18.1 Å². The summed E-state index contributed by atoms with van der Waals surface area (Å²) in [5, 5.41) is 8.83. The van der Waals surface area contributed by atoms with E-state index in [0.29, 0.717) is 17.9 Å². The molecule has 1 aromatic rings. The average molecular weight is 203 g/mol. The van der Waals surface area contributed by atoms with Crippen molar-refractivity contribution in [2.45, 2.75) is 19.8 Å². The fraction of sp³-hybridized carbons (Fsp3) is 0.333. The first-order valence-corrected chi connectivity index (χ1v) is 4.85. The first-order chi connectivity index (χ1) is 7.22. The van der Waals surface area contributed by atoms with E-state index in [1.54, 1.807) is 18.2 Å². The number of carbonyl (C=O) groups is 1. The summed E-state index contributed by atoms with van der Waals surface area (Å²) >= 11 is 0. The van der Waals surface area contributed by atoms with Crippen molar-refractivity contribution in [3.8, 4) is 11.8 Å². The lowest BCUT2D eigenvalue weighted by Gasteiger charge is -2.09. The Morgan fingerprint density at radius 2 is 2.33 bits per heavy atom. The van der Waals surface area contributed by atoms with Gasteiger partial charge in [0, 0.05) is 5.92 Å². The van der Waals surface area contributed by atoms with Gasteiger partial charge in [-0.1, -0.05) is 13.0 Å². The van der Waals surface area contributed by atoms with Gasteiger partial charge in [0.25, 0.3) is 0 Å². The number of ether oxygens (including phenoxy) is 1. The SMILES string of the molecule is CCOc1cc(C(C)C=O)ccc1C#N. The van der Waals surface area contributed by atoms with E-state index in [2.05, 4.69) is 6.07 Å². The number of aldehydes is 1. The van der Waals surface area contributed by atoms with E-state index in [0.717, 1.165) is 11.8 Å². The van der Waals surface area contributed by atoms with Crippen molar-refractivity contribution in [3.63, 3.8) is 0 Å². The maximum absolute atomic E-state index is 10.6. The quantitative estimate of drug-likeness (QED) is 0.705. The summed E-state index contributed by atoms with van der Waals surface area (Å²) in [4.78, 5) is 10.6. The van der Waals surface area contributed by atoms with Crippen LogP contribution in [0.4, 0.5) is 0 Å². The molecule has 0 aliphatic heterocycles. The number of hydrogen-bond donors (Lipinski definition) is 0. The van der Waals surface area contributed by atoms with Crippen molar-refractivity contribution in [2.24, 2.45) is 0 Å². The molecule has 0 aliphatic carbocycles. The van der Waals surface area contributed by atoms with Gasteiger partial charge >= 0.3 is 0 Å². The summed E-state index contributed by atoms with van der Waals surface area (Å²) < 4.78 is 5.32. The van der Waals surface area contributed by atoms with Crippen molar-refractivity contribution < 1.29 is 9.53 Å². The molecule has 0 aliphatic rings. The molecular weight excluding hydrogens is 190 g/mol. The van der Waals surface area contributed by atoms with Crippen LogP contribution < -0.4 is 4.74 Å². The highest BCUT2D eigenvalue weighted by Crippen LogP contribution is 2.23. The molecule has 1 unspecified atom stereocenters. The zero-order valence-electron chi connectivity index (χ0n) is 8.86. The normalized spacial score (nSPS) is 11.5. The van der Waals surface area contributed by atoms with Crippen LogP contribution in [0.5, 0.6) is 5.75 Å². The molecule has 0 N–H and O–H groups in total. The summed E-state index contributed by atoms with van der Waals surface area (Å²) in [7, 11) is 0. The number of benzene rings is 1. The van der Waals surface area contributed by atoms with Gasteiger partial charge in [0.05, 0.1) is 12.2 Å². The molecule has 0 heterocycles. The van der Waals surface area contributed by atoms with Crippen molar-refractivity contribution in [3.05, 3.63) is 29.3 Å². The second-order valence-electron chi connectivity index (χ2n) is 3.23. The van der Waals surface area contributed by atoms with Gasteiger partial charge in [-0.15, -0.1) is 0 Å². The van der Waals surface area contributed by atoms with Crippen LogP contribution >= 0.6 is 0 Å². The van der Waals surface area contributed by atoms with Crippen molar-refractivity contribution >= 4 is 6.29 Å².